The van der Waals surface area contributed by atoms with Crippen LogP contribution in [0, 0.1) is 5.92 Å². The summed E-state index contributed by atoms with van der Waals surface area (Å²) in [5.74, 6) is -0.545. The van der Waals surface area contributed by atoms with Gasteiger partial charge in [0.1, 0.15) is 0 Å². The molecule has 0 aromatic rings. The Morgan fingerprint density at radius 3 is 2.80 bits per heavy atom. The molecule has 0 bridgehead atoms. The lowest BCUT2D eigenvalue weighted by atomic mass is 9.84. The van der Waals surface area contributed by atoms with E-state index in [2.05, 4.69) is 0 Å². The van der Waals surface area contributed by atoms with Crippen molar-refractivity contribution in [2.45, 2.75) is 31.7 Å². The van der Waals surface area contributed by atoms with Crippen LogP contribution in [0.1, 0.15) is 25.7 Å². The number of amides is 1. The van der Waals surface area contributed by atoms with E-state index < -0.39 is 9.24 Å². The molecule has 84 valence electrons. The second-order valence-electron chi connectivity index (χ2n) is 3.89. The average molecular weight is 250 g/mol. The molecule has 15 heavy (non-hydrogen) atoms. The normalized spacial score (nSPS) is 33.7. The Balaban J connectivity index is 2.24. The maximum absolute atomic E-state index is 11.5. The Morgan fingerprint density at radius 2 is 2.13 bits per heavy atom. The molecule has 1 fully saturated rings. The van der Waals surface area contributed by atoms with E-state index in [-0.39, 0.29) is 17.9 Å². The lowest BCUT2D eigenvalue weighted by molar-refractivity contribution is -0.144. The Morgan fingerprint density at radius 1 is 1.40 bits per heavy atom. The quantitative estimate of drug-likeness (QED) is 0.401. The highest BCUT2D eigenvalue weighted by molar-refractivity contribution is 8.12. The number of rotatable bonds is 1. The molecule has 0 aromatic carbocycles. The monoisotopic (exact) mass is 249 g/mol. The van der Waals surface area contributed by atoms with Gasteiger partial charge in [0.2, 0.25) is 5.91 Å². The standard InChI is InChI=1S/C9H12ClNO3S/c10-15(13,14)11-8-6-4-2-1-3-5-7(8)9(11)12/h4,6-8H,1-3,5H2/b6-4-. The molecule has 0 spiro atoms. The molecule has 2 atom stereocenters. The molecule has 1 heterocycles. The number of nitrogens with zero attached hydrogens (tertiary/aromatic N) is 1. The molecular formula is C9H12ClNO3S. The summed E-state index contributed by atoms with van der Waals surface area (Å²) in [6, 6.07) is -0.347. The molecule has 1 saturated heterocycles. The number of hydrogen-bond acceptors (Lipinski definition) is 3. The first-order valence-electron chi connectivity index (χ1n) is 4.96. The van der Waals surface area contributed by atoms with Crippen molar-refractivity contribution in [1.29, 1.82) is 0 Å². The fourth-order valence-corrected chi connectivity index (χ4v) is 3.50. The summed E-state index contributed by atoms with van der Waals surface area (Å²) >= 11 is 0. The van der Waals surface area contributed by atoms with Gasteiger partial charge in [-0.15, -0.1) is 0 Å². The summed E-state index contributed by atoms with van der Waals surface area (Å²) in [6.45, 7) is 0. The van der Waals surface area contributed by atoms with E-state index in [0.29, 0.717) is 0 Å². The van der Waals surface area contributed by atoms with Crippen LogP contribution in [0.4, 0.5) is 0 Å². The summed E-state index contributed by atoms with van der Waals surface area (Å²) in [5, 5.41) is 0. The van der Waals surface area contributed by atoms with E-state index in [9.17, 15) is 13.2 Å². The summed E-state index contributed by atoms with van der Waals surface area (Å²) in [7, 11) is 1.28. The first-order valence-corrected chi connectivity index (χ1v) is 7.23. The van der Waals surface area contributed by atoms with Gasteiger partial charge in [-0.1, -0.05) is 18.6 Å². The molecule has 2 unspecified atom stereocenters. The minimum Gasteiger partial charge on any atom is -0.273 e. The number of halogens is 1. The molecular weight excluding hydrogens is 238 g/mol. The van der Waals surface area contributed by atoms with Gasteiger partial charge >= 0.3 is 9.24 Å². The van der Waals surface area contributed by atoms with E-state index in [4.69, 9.17) is 10.7 Å². The van der Waals surface area contributed by atoms with Crippen molar-refractivity contribution in [3.8, 4) is 0 Å². The highest BCUT2D eigenvalue weighted by atomic mass is 35.7. The van der Waals surface area contributed by atoms with E-state index in [0.717, 1.165) is 30.0 Å². The number of allylic oxidation sites excluding steroid dienone is 1. The molecule has 0 saturated carbocycles. The third-order valence-corrected chi connectivity index (χ3v) is 4.26. The SMILES string of the molecule is O=C1C2CCCC/C=C\C2N1S(=O)(=O)Cl. The molecule has 1 aliphatic heterocycles. The van der Waals surface area contributed by atoms with E-state index in [1.807, 2.05) is 6.08 Å². The largest absolute Gasteiger partial charge is 0.324 e. The first-order chi connectivity index (χ1) is 7.02. The van der Waals surface area contributed by atoms with Gasteiger partial charge in [0.25, 0.3) is 0 Å². The molecule has 0 N–H and O–H groups in total. The minimum absolute atomic E-state index is 0.185. The molecule has 4 nitrogen and oxygen atoms in total. The van der Waals surface area contributed by atoms with Crippen LogP contribution >= 0.6 is 10.7 Å². The van der Waals surface area contributed by atoms with Crippen molar-refractivity contribution in [2.75, 3.05) is 0 Å². The third kappa shape index (κ3) is 1.90. The van der Waals surface area contributed by atoms with Gasteiger partial charge in [-0.05, 0) is 19.3 Å². The second kappa shape index (κ2) is 3.79. The summed E-state index contributed by atoms with van der Waals surface area (Å²) in [6.07, 6.45) is 7.43. The number of fused-ring (bicyclic) bond motifs is 1. The molecule has 1 aliphatic carbocycles. The van der Waals surface area contributed by atoms with Crippen molar-refractivity contribution in [3.05, 3.63) is 12.2 Å². The van der Waals surface area contributed by atoms with Crippen LogP contribution in [0.5, 0.6) is 0 Å². The fourth-order valence-electron chi connectivity index (χ4n) is 2.16. The van der Waals surface area contributed by atoms with Crippen molar-refractivity contribution in [1.82, 2.24) is 4.31 Å². The van der Waals surface area contributed by atoms with Crippen LogP contribution in [0.3, 0.4) is 0 Å². The number of carbonyl (C=O) groups excluding carboxylic acids is 1. The van der Waals surface area contributed by atoms with E-state index in [1.54, 1.807) is 6.08 Å². The minimum atomic E-state index is -3.91. The maximum Gasteiger partial charge on any atom is 0.324 e. The van der Waals surface area contributed by atoms with Crippen molar-refractivity contribution in [2.24, 2.45) is 5.92 Å². The van der Waals surface area contributed by atoms with Gasteiger partial charge < -0.3 is 0 Å². The van der Waals surface area contributed by atoms with Crippen LogP contribution in [0.25, 0.3) is 0 Å². The topological polar surface area (TPSA) is 54.5 Å². The second-order valence-corrected chi connectivity index (χ2v) is 6.27. The number of carbonyl (C=O) groups is 1. The van der Waals surface area contributed by atoms with Gasteiger partial charge in [-0.3, -0.25) is 4.79 Å². The summed E-state index contributed by atoms with van der Waals surface area (Å²) in [4.78, 5) is 11.5. The predicted octanol–water partition coefficient (Wildman–Crippen LogP) is 1.43. The molecule has 6 heteroatoms. The van der Waals surface area contributed by atoms with Gasteiger partial charge in [0.15, 0.2) is 0 Å². The lowest BCUT2D eigenvalue weighted by Crippen LogP contribution is -2.61. The zero-order valence-corrected chi connectivity index (χ0v) is 9.67. The van der Waals surface area contributed by atoms with Crippen LogP contribution in [0.15, 0.2) is 12.2 Å². The Bertz CT molecular complexity index is 404. The molecule has 2 rings (SSSR count). The van der Waals surface area contributed by atoms with Gasteiger partial charge in [0, 0.05) is 10.7 Å². The van der Waals surface area contributed by atoms with Gasteiger partial charge in [-0.25, -0.2) is 4.31 Å². The van der Waals surface area contributed by atoms with Crippen molar-refractivity contribution in [3.63, 3.8) is 0 Å². The maximum atomic E-state index is 11.5. The smallest absolute Gasteiger partial charge is 0.273 e. The van der Waals surface area contributed by atoms with Crippen LogP contribution < -0.4 is 0 Å². The molecule has 0 aromatic heterocycles. The predicted molar refractivity (Wildman–Crippen MR) is 56.5 cm³/mol. The Hall–Kier alpha value is -0.550. The Labute approximate surface area is 93.4 Å². The molecule has 0 radical (unpaired) electrons. The first kappa shape index (κ1) is 11.0. The number of hydrogen-bond donors (Lipinski definition) is 0. The van der Waals surface area contributed by atoms with Crippen molar-refractivity contribution < 1.29 is 13.2 Å². The summed E-state index contributed by atoms with van der Waals surface area (Å²) < 4.78 is 23.0. The molecule has 1 amide bonds. The van der Waals surface area contributed by atoms with Crippen LogP contribution in [-0.4, -0.2) is 24.7 Å². The van der Waals surface area contributed by atoms with Gasteiger partial charge in [0.05, 0.1) is 12.0 Å². The van der Waals surface area contributed by atoms with Gasteiger partial charge in [-0.2, -0.15) is 8.42 Å². The molecule has 2 aliphatic rings. The lowest BCUT2D eigenvalue weighted by Gasteiger charge is -2.43. The average Bonchev–Trinajstić information content (AvgIpc) is 2.07. The van der Waals surface area contributed by atoms with E-state index in [1.165, 1.54) is 0 Å². The highest BCUT2D eigenvalue weighted by Crippen LogP contribution is 2.36. The zero-order valence-electron chi connectivity index (χ0n) is 8.10. The van der Waals surface area contributed by atoms with E-state index >= 15 is 0 Å². The zero-order chi connectivity index (χ0) is 11.1. The Kier molecular flexibility index (Phi) is 2.77. The van der Waals surface area contributed by atoms with Crippen molar-refractivity contribution >= 4 is 25.8 Å². The fraction of sp³-hybridized carbons (Fsp3) is 0.667. The highest BCUT2D eigenvalue weighted by Gasteiger charge is 2.51. The summed E-state index contributed by atoms with van der Waals surface area (Å²) in [5.41, 5.74) is 0. The third-order valence-electron chi connectivity index (χ3n) is 2.92. The van der Waals surface area contributed by atoms with Crippen LogP contribution in [0.2, 0.25) is 0 Å². The number of β-lactam (4-membered cyclic amide) rings is 1. The van der Waals surface area contributed by atoms with Crippen LogP contribution in [-0.2, 0) is 14.0 Å².